The van der Waals surface area contributed by atoms with Gasteiger partial charge in [0, 0.05) is 10.9 Å². The van der Waals surface area contributed by atoms with Crippen LogP contribution in [0.2, 0.25) is 0 Å². The third-order valence-corrected chi connectivity index (χ3v) is 3.13. The quantitative estimate of drug-likeness (QED) is 0.907. The van der Waals surface area contributed by atoms with Crippen LogP contribution in [0.25, 0.3) is 11.3 Å². The predicted molar refractivity (Wildman–Crippen MR) is 66.4 cm³/mol. The van der Waals surface area contributed by atoms with Gasteiger partial charge in [0.05, 0.1) is 17.3 Å². The van der Waals surface area contributed by atoms with Crippen molar-refractivity contribution in [2.45, 2.75) is 6.54 Å². The van der Waals surface area contributed by atoms with Crippen LogP contribution in [0.5, 0.6) is 0 Å². The van der Waals surface area contributed by atoms with E-state index < -0.39 is 5.97 Å². The van der Waals surface area contributed by atoms with E-state index in [1.165, 1.54) is 4.57 Å². The van der Waals surface area contributed by atoms with E-state index in [0.717, 1.165) is 11.3 Å². The molecule has 0 saturated carbocycles. The maximum atomic E-state index is 11.6. The normalized spacial score (nSPS) is 9.94. The van der Waals surface area contributed by atoms with E-state index in [1.54, 1.807) is 29.6 Å². The van der Waals surface area contributed by atoms with Crippen molar-refractivity contribution in [1.82, 2.24) is 4.57 Å². The standard InChI is InChI=1S/C12H8N2O3S/c13-5-8-2-1-3-9(4-8)10-7-18-12(17)14(10)6-11(15)16/h1-4,7H,6H2,(H,15,16). The van der Waals surface area contributed by atoms with Crippen LogP contribution >= 0.6 is 11.3 Å². The van der Waals surface area contributed by atoms with Crippen LogP contribution in [0.4, 0.5) is 0 Å². The Kier molecular flexibility index (Phi) is 3.26. The molecule has 6 heteroatoms. The van der Waals surface area contributed by atoms with Crippen molar-refractivity contribution in [3.05, 3.63) is 44.9 Å². The van der Waals surface area contributed by atoms with E-state index in [0.29, 0.717) is 16.8 Å². The van der Waals surface area contributed by atoms with Crippen LogP contribution < -0.4 is 4.87 Å². The zero-order valence-corrected chi connectivity index (χ0v) is 9.98. The highest BCUT2D eigenvalue weighted by Gasteiger charge is 2.11. The lowest BCUT2D eigenvalue weighted by Crippen LogP contribution is -2.19. The molecule has 0 bridgehead atoms. The van der Waals surface area contributed by atoms with Crippen LogP contribution in [-0.4, -0.2) is 15.6 Å². The molecule has 0 fully saturated rings. The van der Waals surface area contributed by atoms with Crippen molar-refractivity contribution < 1.29 is 9.90 Å². The topological polar surface area (TPSA) is 83.1 Å². The molecule has 1 heterocycles. The molecule has 2 aromatic rings. The predicted octanol–water partition coefficient (Wildman–Crippen LogP) is 1.53. The number of rotatable bonds is 3. The minimum Gasteiger partial charge on any atom is -0.480 e. The van der Waals surface area contributed by atoms with Crippen LogP contribution in [0.1, 0.15) is 5.56 Å². The molecule has 0 aliphatic carbocycles. The Morgan fingerprint density at radius 1 is 1.50 bits per heavy atom. The molecule has 0 aliphatic rings. The maximum absolute atomic E-state index is 11.6. The Balaban J connectivity index is 2.54. The van der Waals surface area contributed by atoms with Gasteiger partial charge in [-0.2, -0.15) is 5.26 Å². The number of nitriles is 1. The first-order valence-electron chi connectivity index (χ1n) is 5.02. The minimum absolute atomic E-state index is 0.324. The number of hydrogen-bond donors (Lipinski definition) is 1. The molecule has 0 radical (unpaired) electrons. The number of carbonyl (C=O) groups is 1. The number of carboxylic acid groups (broad SMARTS) is 1. The van der Waals surface area contributed by atoms with Crippen LogP contribution in [0, 0.1) is 11.3 Å². The number of aliphatic carboxylic acids is 1. The Labute approximate surface area is 106 Å². The van der Waals surface area contributed by atoms with Crippen LogP contribution in [-0.2, 0) is 11.3 Å². The lowest BCUT2D eigenvalue weighted by atomic mass is 10.1. The van der Waals surface area contributed by atoms with E-state index in [9.17, 15) is 9.59 Å². The molecule has 1 N–H and O–H groups in total. The van der Waals surface area contributed by atoms with Gasteiger partial charge in [-0.15, -0.1) is 0 Å². The highest BCUT2D eigenvalue weighted by molar-refractivity contribution is 7.07. The fraction of sp³-hybridized carbons (Fsp3) is 0.0833. The zero-order chi connectivity index (χ0) is 13.1. The summed E-state index contributed by atoms with van der Waals surface area (Å²) in [6.07, 6.45) is 0. The van der Waals surface area contributed by atoms with Crippen LogP contribution in [0.15, 0.2) is 34.4 Å². The SMILES string of the molecule is N#Cc1cccc(-c2csc(=O)n2CC(=O)O)c1. The first-order chi connectivity index (χ1) is 8.61. The van der Waals surface area contributed by atoms with Crippen LogP contribution in [0.3, 0.4) is 0 Å². The molecule has 5 nitrogen and oxygen atoms in total. The number of nitrogens with zero attached hydrogens (tertiary/aromatic N) is 2. The third kappa shape index (κ3) is 2.31. The second kappa shape index (κ2) is 4.85. The van der Waals surface area contributed by atoms with Gasteiger partial charge >= 0.3 is 10.8 Å². The smallest absolute Gasteiger partial charge is 0.323 e. The summed E-state index contributed by atoms with van der Waals surface area (Å²) in [5.41, 5.74) is 1.64. The fourth-order valence-electron chi connectivity index (χ4n) is 1.59. The number of aromatic nitrogens is 1. The summed E-state index contributed by atoms with van der Waals surface area (Å²) < 4.78 is 1.18. The monoisotopic (exact) mass is 260 g/mol. The van der Waals surface area contributed by atoms with Gasteiger partial charge in [-0.3, -0.25) is 14.2 Å². The lowest BCUT2D eigenvalue weighted by molar-refractivity contribution is -0.137. The molecule has 0 spiro atoms. The number of carboxylic acids is 1. The Bertz CT molecular complexity index is 694. The molecule has 0 unspecified atom stereocenters. The second-order valence-electron chi connectivity index (χ2n) is 3.56. The van der Waals surface area contributed by atoms with E-state index in [1.807, 2.05) is 6.07 Å². The van der Waals surface area contributed by atoms with Gasteiger partial charge in [-0.05, 0) is 12.1 Å². The molecule has 0 atom stereocenters. The van der Waals surface area contributed by atoms with Crippen molar-refractivity contribution in [3.63, 3.8) is 0 Å². The van der Waals surface area contributed by atoms with Gasteiger partial charge in [0.1, 0.15) is 6.54 Å². The van der Waals surface area contributed by atoms with Crippen molar-refractivity contribution in [3.8, 4) is 17.3 Å². The molecule has 90 valence electrons. The summed E-state index contributed by atoms with van der Waals surface area (Å²) in [4.78, 5) is 22.0. The van der Waals surface area contributed by atoms with E-state index in [4.69, 9.17) is 10.4 Å². The van der Waals surface area contributed by atoms with Crippen molar-refractivity contribution >= 4 is 17.3 Å². The highest BCUT2D eigenvalue weighted by Crippen LogP contribution is 2.21. The lowest BCUT2D eigenvalue weighted by Gasteiger charge is -2.05. The third-order valence-electron chi connectivity index (χ3n) is 2.36. The Morgan fingerprint density at radius 2 is 2.28 bits per heavy atom. The van der Waals surface area contributed by atoms with Gasteiger partial charge < -0.3 is 5.11 Å². The fourth-order valence-corrected chi connectivity index (χ4v) is 2.35. The summed E-state index contributed by atoms with van der Waals surface area (Å²) in [7, 11) is 0. The number of hydrogen-bond acceptors (Lipinski definition) is 4. The highest BCUT2D eigenvalue weighted by atomic mass is 32.1. The zero-order valence-electron chi connectivity index (χ0n) is 9.16. The first-order valence-corrected chi connectivity index (χ1v) is 5.90. The summed E-state index contributed by atoms with van der Waals surface area (Å²) in [6, 6.07) is 8.71. The van der Waals surface area contributed by atoms with E-state index in [-0.39, 0.29) is 11.4 Å². The molecule has 1 aromatic heterocycles. The first kappa shape index (κ1) is 12.1. The van der Waals surface area contributed by atoms with Gasteiger partial charge in [-0.25, -0.2) is 0 Å². The van der Waals surface area contributed by atoms with Crippen molar-refractivity contribution in [2.24, 2.45) is 0 Å². The van der Waals surface area contributed by atoms with Crippen molar-refractivity contribution in [2.75, 3.05) is 0 Å². The summed E-state index contributed by atoms with van der Waals surface area (Å²) in [6.45, 7) is -0.381. The van der Waals surface area contributed by atoms with Gasteiger partial charge in [0.25, 0.3) is 0 Å². The van der Waals surface area contributed by atoms with Gasteiger partial charge in [-0.1, -0.05) is 23.5 Å². The molecule has 0 saturated heterocycles. The van der Waals surface area contributed by atoms with Crippen molar-refractivity contribution in [1.29, 1.82) is 5.26 Å². The minimum atomic E-state index is -1.08. The summed E-state index contributed by atoms with van der Waals surface area (Å²) >= 11 is 0.942. The van der Waals surface area contributed by atoms with Gasteiger partial charge in [0.2, 0.25) is 0 Å². The molecule has 0 amide bonds. The average Bonchev–Trinajstić information content (AvgIpc) is 2.71. The van der Waals surface area contributed by atoms with E-state index >= 15 is 0 Å². The second-order valence-corrected chi connectivity index (χ2v) is 4.38. The molecule has 0 aliphatic heterocycles. The Morgan fingerprint density at radius 3 is 2.94 bits per heavy atom. The molecular formula is C12H8N2O3S. The number of thiazole rings is 1. The molecule has 1 aromatic carbocycles. The molecule has 2 rings (SSSR count). The Hall–Kier alpha value is -2.39. The molecule has 18 heavy (non-hydrogen) atoms. The molecular weight excluding hydrogens is 252 g/mol. The largest absolute Gasteiger partial charge is 0.480 e. The summed E-state index contributed by atoms with van der Waals surface area (Å²) in [5.74, 6) is -1.08. The summed E-state index contributed by atoms with van der Waals surface area (Å²) in [5, 5.41) is 19.2. The number of benzene rings is 1. The van der Waals surface area contributed by atoms with E-state index in [2.05, 4.69) is 0 Å². The van der Waals surface area contributed by atoms with Gasteiger partial charge in [0.15, 0.2) is 0 Å². The maximum Gasteiger partial charge on any atom is 0.323 e. The average molecular weight is 260 g/mol.